The summed E-state index contributed by atoms with van der Waals surface area (Å²) in [6, 6.07) is -8.86. The van der Waals surface area contributed by atoms with Gasteiger partial charge in [-0.3, -0.25) is 43.3 Å². The van der Waals surface area contributed by atoms with E-state index in [-0.39, 0.29) is 44.1 Å². The molecular formula is C37H68N12O12S. The van der Waals surface area contributed by atoms with E-state index < -0.39 is 127 Å². The highest BCUT2D eigenvalue weighted by Gasteiger charge is 2.32. The summed E-state index contributed by atoms with van der Waals surface area (Å²) < 4.78 is 0. The van der Waals surface area contributed by atoms with Crippen LogP contribution in [0.4, 0.5) is 0 Å². The summed E-state index contributed by atoms with van der Waals surface area (Å²) in [5, 5.41) is 48.2. The number of carboxylic acid groups (broad SMARTS) is 1. The maximum Gasteiger partial charge on any atom is 0.326 e. The largest absolute Gasteiger partial charge is 0.480 e. The Morgan fingerprint density at radius 3 is 1.71 bits per heavy atom. The summed E-state index contributed by atoms with van der Waals surface area (Å²) in [7, 11) is 0. The summed E-state index contributed by atoms with van der Waals surface area (Å²) in [4.78, 5) is 119. The molecule has 0 aliphatic carbocycles. The maximum atomic E-state index is 13.4. The summed E-state index contributed by atoms with van der Waals surface area (Å²) in [5.41, 5.74) is 16.3. The normalized spacial score (nSPS) is 15.3. The lowest BCUT2D eigenvalue weighted by molar-refractivity contribution is -0.142. The number of nitrogens with one attached hydrogen (secondary N) is 8. The van der Waals surface area contributed by atoms with Crippen molar-refractivity contribution in [2.75, 3.05) is 38.2 Å². The molecular weight excluding hydrogens is 837 g/mol. The van der Waals surface area contributed by atoms with Gasteiger partial charge in [0, 0.05) is 6.54 Å². The number of thioether (sulfide) groups is 1. The quantitative estimate of drug-likeness (QED) is 0.0182. The summed E-state index contributed by atoms with van der Waals surface area (Å²) in [6.45, 7) is 7.54. The number of carbonyl (C=O) groups is 9. The van der Waals surface area contributed by atoms with Gasteiger partial charge in [-0.15, -0.1) is 0 Å². The van der Waals surface area contributed by atoms with Crippen molar-refractivity contribution in [1.82, 2.24) is 42.5 Å². The molecule has 0 radical (unpaired) electrons. The molecule has 0 saturated heterocycles. The second-order valence-electron chi connectivity index (χ2n) is 15.1. The van der Waals surface area contributed by atoms with Crippen molar-refractivity contribution in [3.8, 4) is 0 Å². The number of rotatable bonds is 30. The van der Waals surface area contributed by atoms with E-state index in [2.05, 4.69) is 47.5 Å². The molecule has 0 aromatic heterocycles. The van der Waals surface area contributed by atoms with Crippen LogP contribution < -0.4 is 59.7 Å². The SMILES string of the molecule is CCC(C)C(NC(=O)C(N)CO)C(=O)NCC(=O)NC(C(=O)NCC(=O)NC(CCCN=C(N)N)C(=O)NC(C)C(=O)NC(CCSC)C(=O)NC(CC(C)C)C(=O)O)C(C)O. The van der Waals surface area contributed by atoms with Crippen LogP contribution >= 0.6 is 11.8 Å². The molecule has 0 fully saturated rings. The van der Waals surface area contributed by atoms with Gasteiger partial charge in [0.15, 0.2) is 5.96 Å². The molecule has 0 aliphatic heterocycles. The number of nitrogens with zero attached hydrogens (tertiary/aromatic N) is 1. The molecule has 9 atom stereocenters. The third kappa shape index (κ3) is 22.5. The Bertz CT molecular complexity index is 1550. The van der Waals surface area contributed by atoms with Gasteiger partial charge in [-0.25, -0.2) is 4.79 Å². The number of carboxylic acids is 1. The first-order valence-corrected chi connectivity index (χ1v) is 21.6. The van der Waals surface area contributed by atoms with Crippen LogP contribution in [0.5, 0.6) is 0 Å². The molecule has 0 rings (SSSR count). The Morgan fingerprint density at radius 1 is 0.677 bits per heavy atom. The first kappa shape index (κ1) is 56.7. The van der Waals surface area contributed by atoms with Crippen molar-refractivity contribution < 1.29 is 58.5 Å². The zero-order valence-corrected chi connectivity index (χ0v) is 37.3. The number of hydrogen-bond donors (Lipinski definition) is 14. The maximum absolute atomic E-state index is 13.4. The molecule has 354 valence electrons. The van der Waals surface area contributed by atoms with Crippen molar-refractivity contribution in [3.05, 3.63) is 0 Å². The van der Waals surface area contributed by atoms with Gasteiger partial charge in [0.1, 0.15) is 42.3 Å². The summed E-state index contributed by atoms with van der Waals surface area (Å²) in [6.07, 6.45) is 1.19. The molecule has 0 spiro atoms. The monoisotopic (exact) mass is 904 g/mol. The fourth-order valence-corrected chi connectivity index (χ4v) is 5.86. The minimum atomic E-state index is -1.61. The summed E-state index contributed by atoms with van der Waals surface area (Å²) in [5.74, 6) is -8.10. The van der Waals surface area contributed by atoms with Gasteiger partial charge in [-0.1, -0.05) is 34.1 Å². The molecule has 62 heavy (non-hydrogen) atoms. The van der Waals surface area contributed by atoms with Gasteiger partial charge in [-0.2, -0.15) is 11.8 Å². The number of aliphatic carboxylic acids is 1. The molecule has 0 aromatic rings. The van der Waals surface area contributed by atoms with E-state index >= 15 is 0 Å². The fourth-order valence-electron chi connectivity index (χ4n) is 5.39. The van der Waals surface area contributed by atoms with Crippen LogP contribution in [0.25, 0.3) is 0 Å². The van der Waals surface area contributed by atoms with Crippen molar-refractivity contribution in [2.24, 2.45) is 34.0 Å². The molecule has 8 amide bonds. The second kappa shape index (κ2) is 29.9. The number of hydrogen-bond acceptors (Lipinski definition) is 14. The van der Waals surface area contributed by atoms with Crippen LogP contribution in [0, 0.1) is 11.8 Å². The van der Waals surface area contributed by atoms with Crippen LogP contribution in [-0.4, -0.2) is 161 Å². The van der Waals surface area contributed by atoms with E-state index in [1.807, 2.05) is 0 Å². The zero-order valence-electron chi connectivity index (χ0n) is 36.4. The van der Waals surface area contributed by atoms with Gasteiger partial charge in [0.25, 0.3) is 0 Å². The van der Waals surface area contributed by atoms with E-state index in [4.69, 9.17) is 22.3 Å². The lowest BCUT2D eigenvalue weighted by Gasteiger charge is -2.25. The minimum absolute atomic E-state index is 0.0459. The van der Waals surface area contributed by atoms with Crippen molar-refractivity contribution in [1.29, 1.82) is 0 Å². The molecule has 0 saturated carbocycles. The van der Waals surface area contributed by atoms with Crippen molar-refractivity contribution >= 4 is 70.9 Å². The van der Waals surface area contributed by atoms with Crippen LogP contribution in [-0.2, 0) is 43.2 Å². The number of carbonyl (C=O) groups excluding carboxylic acids is 8. The molecule has 0 aliphatic rings. The average molecular weight is 905 g/mol. The smallest absolute Gasteiger partial charge is 0.326 e. The van der Waals surface area contributed by atoms with Crippen LogP contribution in [0.1, 0.15) is 73.6 Å². The van der Waals surface area contributed by atoms with Gasteiger partial charge < -0.3 is 75.1 Å². The third-order valence-corrected chi connectivity index (χ3v) is 9.81. The zero-order chi connectivity index (χ0) is 47.7. The number of nitrogens with two attached hydrogens (primary N) is 3. The van der Waals surface area contributed by atoms with E-state index in [0.717, 1.165) is 0 Å². The van der Waals surface area contributed by atoms with Crippen LogP contribution in [0.2, 0.25) is 0 Å². The average Bonchev–Trinajstić information content (AvgIpc) is 3.20. The van der Waals surface area contributed by atoms with Gasteiger partial charge >= 0.3 is 5.97 Å². The van der Waals surface area contributed by atoms with Crippen molar-refractivity contribution in [3.63, 3.8) is 0 Å². The second-order valence-corrected chi connectivity index (χ2v) is 16.0. The highest BCUT2D eigenvalue weighted by molar-refractivity contribution is 7.98. The molecule has 17 N–H and O–H groups in total. The van der Waals surface area contributed by atoms with Crippen LogP contribution in [0.3, 0.4) is 0 Å². The van der Waals surface area contributed by atoms with Crippen LogP contribution in [0.15, 0.2) is 4.99 Å². The van der Waals surface area contributed by atoms with Crippen molar-refractivity contribution in [2.45, 2.75) is 122 Å². The Kier molecular flexibility index (Phi) is 27.4. The minimum Gasteiger partial charge on any atom is -0.480 e. The lowest BCUT2D eigenvalue weighted by Crippen LogP contribution is -2.58. The molecule has 0 heterocycles. The number of aliphatic hydroxyl groups excluding tert-OH is 2. The van der Waals surface area contributed by atoms with Gasteiger partial charge in [0.2, 0.25) is 47.3 Å². The predicted octanol–water partition coefficient (Wildman–Crippen LogP) is -5.17. The predicted molar refractivity (Wildman–Crippen MR) is 229 cm³/mol. The van der Waals surface area contributed by atoms with Gasteiger partial charge in [0.05, 0.1) is 25.8 Å². The number of amides is 8. The first-order chi connectivity index (χ1) is 29.0. The van der Waals surface area contributed by atoms with E-state index in [0.29, 0.717) is 12.2 Å². The Hall–Kier alpha value is -5.27. The molecule has 9 unspecified atom stereocenters. The Morgan fingerprint density at radius 2 is 1.21 bits per heavy atom. The number of aliphatic imine (C=N–C) groups is 1. The highest BCUT2D eigenvalue weighted by atomic mass is 32.2. The third-order valence-electron chi connectivity index (χ3n) is 9.17. The molecule has 25 heteroatoms. The standard InChI is InChI=1S/C37H68N12O12S/c1-8-19(4)28(49-31(55)22(38)17-50)34(58)42-16-27(53)48-29(21(6)51)35(59)43-15-26(52)45-23(10-9-12-41-37(39)40)32(56)44-20(5)30(54)46-24(11-13-62-7)33(57)47-25(36(60)61)14-18(2)3/h18-25,28-29,50-51H,8-17,38H2,1-7H3,(H,42,58)(H,43,59)(H,44,56)(H,45,52)(H,46,54)(H,47,57)(H,48,53)(H,49,55)(H,60,61)(H4,39,40,41). The first-order valence-electron chi connectivity index (χ1n) is 20.2. The molecule has 0 bridgehead atoms. The topological polar surface area (TPSA) is 401 Å². The Labute approximate surface area is 365 Å². The summed E-state index contributed by atoms with van der Waals surface area (Å²) >= 11 is 1.40. The van der Waals surface area contributed by atoms with Gasteiger partial charge in [-0.05, 0) is 63.4 Å². The molecule has 0 aromatic carbocycles. The number of aliphatic hydroxyl groups is 2. The van der Waals surface area contributed by atoms with E-state index in [1.165, 1.54) is 25.6 Å². The fraction of sp³-hybridized carbons (Fsp3) is 0.730. The number of guanidine groups is 1. The lowest BCUT2D eigenvalue weighted by atomic mass is 9.98. The Balaban J connectivity index is 5.71. The highest BCUT2D eigenvalue weighted by Crippen LogP contribution is 2.10. The van der Waals surface area contributed by atoms with E-state index in [9.17, 15) is 53.4 Å². The van der Waals surface area contributed by atoms with E-state index in [1.54, 1.807) is 34.0 Å². The molecule has 24 nitrogen and oxygen atoms in total.